The van der Waals surface area contributed by atoms with E-state index in [1.807, 2.05) is 13.1 Å². The third kappa shape index (κ3) is 6.38. The lowest BCUT2D eigenvalue weighted by molar-refractivity contribution is -0.128. The fourth-order valence-electron chi connectivity index (χ4n) is 5.49. The number of hydrogen-bond donors (Lipinski definition) is 2. The monoisotopic (exact) mass is 537 g/mol. The fraction of sp³-hybridized carbons (Fsp3) is 0.500. The van der Waals surface area contributed by atoms with E-state index in [1.54, 1.807) is 6.20 Å². The molecule has 0 radical (unpaired) electrons. The summed E-state index contributed by atoms with van der Waals surface area (Å²) in [7, 11) is 0. The van der Waals surface area contributed by atoms with Gasteiger partial charge in [-0.3, -0.25) is 9.78 Å². The van der Waals surface area contributed by atoms with Crippen LogP contribution >= 0.6 is 11.6 Å². The molecule has 2 aromatic rings. The molecule has 0 aliphatic carbocycles. The second kappa shape index (κ2) is 13.3. The van der Waals surface area contributed by atoms with Crippen LogP contribution in [0.3, 0.4) is 0 Å². The summed E-state index contributed by atoms with van der Waals surface area (Å²) in [6, 6.07) is 8.72. The Morgan fingerprint density at radius 3 is 2.39 bits per heavy atom. The quantitative estimate of drug-likeness (QED) is 0.344. The van der Waals surface area contributed by atoms with E-state index in [4.69, 9.17) is 11.6 Å². The number of unbranched alkanes of at least 4 members (excludes halogenated alkanes) is 2. The minimum atomic E-state index is -0.189. The Kier molecular flexibility index (Phi) is 9.80. The number of nitrogens with zero attached hydrogens (tertiary/aromatic N) is 3. The van der Waals surface area contributed by atoms with E-state index in [-0.39, 0.29) is 11.3 Å². The molecule has 0 atom stereocenters. The number of pyridine rings is 1. The third-order valence-electron chi connectivity index (χ3n) is 7.80. The van der Waals surface area contributed by atoms with Gasteiger partial charge in [0, 0.05) is 63.3 Å². The minimum Gasteiger partial charge on any atom is -0.370 e. The van der Waals surface area contributed by atoms with Gasteiger partial charge in [-0.25, -0.2) is 5.43 Å². The van der Waals surface area contributed by atoms with Crippen LogP contribution in [-0.2, 0) is 9.59 Å². The minimum absolute atomic E-state index is 0.189. The largest absolute Gasteiger partial charge is 0.370 e. The molecule has 2 saturated heterocycles. The number of aldehydes is 1. The maximum Gasteiger partial charge on any atom is 0.226 e. The van der Waals surface area contributed by atoms with Crippen LogP contribution in [0.1, 0.15) is 64.4 Å². The van der Waals surface area contributed by atoms with Crippen molar-refractivity contribution in [1.29, 1.82) is 0 Å². The Balaban J connectivity index is 0.000000786. The number of hydrazine groups is 1. The van der Waals surface area contributed by atoms with Crippen LogP contribution in [0.2, 0.25) is 5.02 Å². The summed E-state index contributed by atoms with van der Waals surface area (Å²) in [6.45, 7) is 8.41. The number of hydrogen-bond acceptors (Lipinski definition) is 6. The maximum atomic E-state index is 12.4. The molecule has 3 aliphatic rings. The molecule has 4 heterocycles. The smallest absolute Gasteiger partial charge is 0.226 e. The van der Waals surface area contributed by atoms with Gasteiger partial charge >= 0.3 is 0 Å². The van der Waals surface area contributed by atoms with Gasteiger partial charge in [-0.05, 0) is 42.4 Å². The zero-order chi connectivity index (χ0) is 27.0. The zero-order valence-corrected chi connectivity index (χ0v) is 23.4. The van der Waals surface area contributed by atoms with Crippen LogP contribution in [-0.4, -0.2) is 54.9 Å². The molecule has 1 spiro atoms. The molecular weight excluding hydrogens is 498 g/mol. The molecule has 2 fully saturated rings. The second-order valence-corrected chi connectivity index (χ2v) is 10.7. The lowest BCUT2D eigenvalue weighted by atomic mass is 9.77. The van der Waals surface area contributed by atoms with Crippen molar-refractivity contribution >= 4 is 35.1 Å². The van der Waals surface area contributed by atoms with E-state index < -0.39 is 0 Å². The molecule has 1 aromatic carbocycles. The van der Waals surface area contributed by atoms with Crippen molar-refractivity contribution in [2.75, 3.05) is 37.6 Å². The first-order chi connectivity index (χ1) is 18.5. The van der Waals surface area contributed by atoms with Crippen molar-refractivity contribution < 1.29 is 9.59 Å². The van der Waals surface area contributed by atoms with Gasteiger partial charge in [-0.1, -0.05) is 62.6 Å². The maximum absolute atomic E-state index is 12.4. The van der Waals surface area contributed by atoms with Crippen molar-refractivity contribution in [3.63, 3.8) is 0 Å². The summed E-state index contributed by atoms with van der Waals surface area (Å²) in [5.41, 5.74) is 9.01. The Morgan fingerprint density at radius 2 is 1.76 bits per heavy atom. The number of benzene rings is 1. The first-order valence-electron chi connectivity index (χ1n) is 13.9. The molecule has 2 N–H and O–H groups in total. The van der Waals surface area contributed by atoms with Gasteiger partial charge in [0.2, 0.25) is 5.91 Å². The van der Waals surface area contributed by atoms with Gasteiger partial charge in [0.05, 0.1) is 16.1 Å². The van der Waals surface area contributed by atoms with E-state index in [2.05, 4.69) is 63.0 Å². The van der Waals surface area contributed by atoms with E-state index in [0.29, 0.717) is 11.4 Å². The lowest BCUT2D eigenvalue weighted by Gasteiger charge is -2.39. The topological polar surface area (TPSA) is 77.6 Å². The molecular formula is C30H40ClN5O2. The number of aromatic nitrogens is 1. The Labute approximate surface area is 231 Å². The highest BCUT2D eigenvalue weighted by Gasteiger charge is 2.44. The van der Waals surface area contributed by atoms with Crippen LogP contribution in [0.15, 0.2) is 42.9 Å². The molecule has 8 heteroatoms. The molecule has 0 bridgehead atoms. The van der Waals surface area contributed by atoms with Gasteiger partial charge in [0.1, 0.15) is 6.29 Å². The number of anilines is 1. The number of carbonyl (C=O) groups excluding carboxylic acids is 2. The molecule has 204 valence electrons. The van der Waals surface area contributed by atoms with Crippen LogP contribution < -0.4 is 15.6 Å². The van der Waals surface area contributed by atoms with Crippen molar-refractivity contribution in [2.24, 2.45) is 5.41 Å². The van der Waals surface area contributed by atoms with Gasteiger partial charge in [-0.15, -0.1) is 0 Å². The van der Waals surface area contributed by atoms with Crippen molar-refractivity contribution in [3.8, 4) is 11.1 Å². The molecule has 1 amide bonds. The first-order valence-corrected chi connectivity index (χ1v) is 14.3. The number of piperidine rings is 1. The number of halogens is 1. The Morgan fingerprint density at radius 1 is 1.05 bits per heavy atom. The number of amides is 1. The van der Waals surface area contributed by atoms with E-state index >= 15 is 0 Å². The van der Waals surface area contributed by atoms with Gasteiger partial charge < -0.3 is 20.0 Å². The van der Waals surface area contributed by atoms with Gasteiger partial charge in [0.25, 0.3) is 0 Å². The highest BCUT2D eigenvalue weighted by Crippen LogP contribution is 2.43. The highest BCUT2D eigenvalue weighted by molar-refractivity contribution is 6.33. The predicted octanol–water partition coefficient (Wildman–Crippen LogP) is 5.46. The van der Waals surface area contributed by atoms with E-state index in [1.165, 1.54) is 30.4 Å². The van der Waals surface area contributed by atoms with E-state index in [9.17, 15) is 9.59 Å². The van der Waals surface area contributed by atoms with Crippen LogP contribution in [0.4, 0.5) is 5.69 Å². The fourth-order valence-corrected chi connectivity index (χ4v) is 5.77. The van der Waals surface area contributed by atoms with Crippen molar-refractivity contribution in [1.82, 2.24) is 20.7 Å². The summed E-state index contributed by atoms with van der Waals surface area (Å²) in [4.78, 5) is 28.3. The summed E-state index contributed by atoms with van der Waals surface area (Å²) in [5.74, 6) is 0.225. The van der Waals surface area contributed by atoms with Crippen LogP contribution in [0.25, 0.3) is 16.7 Å². The summed E-state index contributed by atoms with van der Waals surface area (Å²) >= 11 is 6.69. The number of rotatable bonds is 8. The Hall–Kier alpha value is -2.90. The average Bonchev–Trinajstić information content (AvgIpc) is 3.56. The predicted molar refractivity (Wildman–Crippen MR) is 155 cm³/mol. The second-order valence-electron chi connectivity index (χ2n) is 10.3. The zero-order valence-electron chi connectivity index (χ0n) is 22.6. The molecule has 7 nitrogen and oxygen atoms in total. The molecule has 5 rings (SSSR count). The third-order valence-corrected chi connectivity index (χ3v) is 8.08. The highest BCUT2D eigenvalue weighted by atomic mass is 35.5. The molecule has 0 unspecified atom stereocenters. The SMILES string of the molecule is CCC=O.CCCCCN1C=C(c2ccc(-c3cncc(Cl)c3N3CCC4(CCNC4=O)CC3)cc2)CN1. The normalized spacial score (nSPS) is 18.2. The number of carbonyl (C=O) groups is 2. The molecule has 38 heavy (non-hydrogen) atoms. The lowest BCUT2D eigenvalue weighted by Crippen LogP contribution is -2.44. The first kappa shape index (κ1) is 28.1. The number of nitrogens with one attached hydrogen (secondary N) is 2. The standard InChI is InChI=1S/C27H34ClN5O.C3H6O/c1-2-3-4-13-33-19-22(16-31-33)20-5-7-21(8-6-20)23-17-29-18-24(28)25(23)32-14-10-27(11-15-32)9-12-30-26(27)34;1-2-3-4/h5-8,17-19,31H,2-4,9-16H2,1H3,(H,30,34);3H,2H2,1H3. The van der Waals surface area contributed by atoms with Gasteiger partial charge in [-0.2, -0.15) is 0 Å². The summed E-state index contributed by atoms with van der Waals surface area (Å²) in [6.07, 6.45) is 13.8. The van der Waals surface area contributed by atoms with Crippen LogP contribution in [0, 0.1) is 5.41 Å². The molecule has 1 aromatic heterocycles. The average molecular weight is 538 g/mol. The summed E-state index contributed by atoms with van der Waals surface area (Å²) < 4.78 is 0. The molecule has 0 saturated carbocycles. The summed E-state index contributed by atoms with van der Waals surface area (Å²) in [5, 5.41) is 5.90. The van der Waals surface area contributed by atoms with Crippen molar-refractivity contribution in [3.05, 3.63) is 53.4 Å². The van der Waals surface area contributed by atoms with Gasteiger partial charge in [0.15, 0.2) is 0 Å². The van der Waals surface area contributed by atoms with E-state index in [0.717, 1.165) is 75.1 Å². The van der Waals surface area contributed by atoms with Crippen LogP contribution in [0.5, 0.6) is 0 Å². The van der Waals surface area contributed by atoms with Crippen molar-refractivity contribution in [2.45, 2.75) is 58.8 Å². The Bertz CT molecular complexity index is 1130. The molecule has 3 aliphatic heterocycles.